The van der Waals surface area contributed by atoms with Gasteiger partial charge >= 0.3 is 0 Å². The van der Waals surface area contributed by atoms with E-state index in [0.717, 1.165) is 26.9 Å². The first-order valence-corrected chi connectivity index (χ1v) is 14.1. The Hall–Kier alpha value is -2.29. The normalized spacial score (nSPS) is 12.4. The summed E-state index contributed by atoms with van der Waals surface area (Å²) in [7, 11) is 0. The van der Waals surface area contributed by atoms with Gasteiger partial charge in [0, 0.05) is 34.6 Å². The number of rotatable bonds is 22. The summed E-state index contributed by atoms with van der Waals surface area (Å²) in [4.78, 5) is 27.4. The number of benzene rings is 1. The van der Waals surface area contributed by atoms with Crippen LogP contribution in [0.3, 0.4) is 0 Å². The average Bonchev–Trinajstić information content (AvgIpc) is 2.93. The molecule has 226 valence electrons. The van der Waals surface area contributed by atoms with E-state index in [2.05, 4.69) is 36.6 Å². The molecule has 0 bridgehead atoms. The number of aryl methyl sites for hydroxylation is 2. The number of carbonyl (C=O) groups is 2. The van der Waals surface area contributed by atoms with Crippen LogP contribution in [0.25, 0.3) is 10.4 Å². The van der Waals surface area contributed by atoms with E-state index in [1.807, 2.05) is 33.8 Å². The highest BCUT2D eigenvalue weighted by Crippen LogP contribution is 2.30. The maximum atomic E-state index is 12.4. The standard InChI is InChI=1S/C26H43BrN6O7/c1-5-36-10-11-38-12-13-39-17-23(32-33-29)40-15-14-37-9-8-30-26(35)21(28)6-7-22(34)31-25-19(3)16-18(2)24(27)20(25)4/h16,21,23H,5-15,17,28H2,1-4H3,(H,30,35)(H,31,34)/t21-,23?/m1/s1. The van der Waals surface area contributed by atoms with Crippen molar-refractivity contribution in [1.82, 2.24) is 5.32 Å². The number of nitrogens with two attached hydrogens (primary N) is 1. The monoisotopic (exact) mass is 630 g/mol. The molecule has 4 N–H and O–H groups in total. The van der Waals surface area contributed by atoms with Gasteiger partial charge in [-0.3, -0.25) is 9.59 Å². The number of ether oxygens (including phenoxy) is 5. The predicted octanol–water partition coefficient (Wildman–Crippen LogP) is 3.28. The lowest BCUT2D eigenvalue weighted by molar-refractivity contribution is -0.123. The number of amides is 2. The van der Waals surface area contributed by atoms with Crippen molar-refractivity contribution in [1.29, 1.82) is 0 Å². The van der Waals surface area contributed by atoms with Crippen molar-refractivity contribution in [3.63, 3.8) is 0 Å². The summed E-state index contributed by atoms with van der Waals surface area (Å²) in [6.45, 7) is 11.2. The van der Waals surface area contributed by atoms with E-state index in [9.17, 15) is 9.59 Å². The summed E-state index contributed by atoms with van der Waals surface area (Å²) < 4.78 is 27.7. The molecule has 1 unspecified atom stereocenters. The second kappa shape index (κ2) is 21.5. The molecule has 40 heavy (non-hydrogen) atoms. The SMILES string of the molecule is CCOCCOCCOCC(N=[N+]=[N-])OCCOCCNC(=O)[C@H](N)CCC(=O)Nc1c(C)cc(C)c(Br)c1C. The maximum absolute atomic E-state index is 12.4. The summed E-state index contributed by atoms with van der Waals surface area (Å²) in [5.41, 5.74) is 18.4. The molecule has 2 atom stereocenters. The third-order valence-electron chi connectivity index (χ3n) is 5.63. The largest absolute Gasteiger partial charge is 0.379 e. The van der Waals surface area contributed by atoms with Crippen molar-refractivity contribution in [2.45, 2.75) is 52.8 Å². The lowest BCUT2D eigenvalue weighted by Crippen LogP contribution is -2.42. The van der Waals surface area contributed by atoms with Gasteiger partial charge in [-0.15, -0.1) is 0 Å². The van der Waals surface area contributed by atoms with Crippen molar-refractivity contribution < 1.29 is 33.3 Å². The number of nitrogens with one attached hydrogen (secondary N) is 2. The van der Waals surface area contributed by atoms with Gasteiger partial charge in [-0.1, -0.05) is 27.1 Å². The molecule has 0 fully saturated rings. The van der Waals surface area contributed by atoms with Crippen LogP contribution in [0, 0.1) is 20.8 Å². The third-order valence-corrected chi connectivity index (χ3v) is 6.85. The molecule has 0 heterocycles. The highest BCUT2D eigenvalue weighted by Gasteiger charge is 2.17. The van der Waals surface area contributed by atoms with Crippen LogP contribution in [0.1, 0.15) is 36.5 Å². The number of halogens is 1. The average molecular weight is 632 g/mol. The van der Waals surface area contributed by atoms with Crippen LogP contribution in [0.5, 0.6) is 0 Å². The third kappa shape index (κ3) is 14.9. The van der Waals surface area contributed by atoms with E-state index in [1.54, 1.807) is 0 Å². The topological polar surface area (TPSA) is 179 Å². The van der Waals surface area contributed by atoms with Crippen molar-refractivity contribution in [2.24, 2.45) is 10.8 Å². The van der Waals surface area contributed by atoms with E-state index >= 15 is 0 Å². The lowest BCUT2D eigenvalue weighted by Gasteiger charge is -2.16. The van der Waals surface area contributed by atoms with Crippen LogP contribution in [0.15, 0.2) is 15.7 Å². The summed E-state index contributed by atoms with van der Waals surface area (Å²) in [6.07, 6.45) is -0.462. The highest BCUT2D eigenvalue weighted by molar-refractivity contribution is 9.10. The Morgan fingerprint density at radius 1 is 1.02 bits per heavy atom. The van der Waals surface area contributed by atoms with Gasteiger partial charge in [0.15, 0.2) is 6.23 Å². The molecular weight excluding hydrogens is 588 g/mol. The Labute approximate surface area is 244 Å². The molecule has 0 radical (unpaired) electrons. The molecule has 2 amide bonds. The molecule has 0 spiro atoms. The number of carbonyl (C=O) groups excluding carboxylic acids is 2. The van der Waals surface area contributed by atoms with Gasteiger partial charge in [0.2, 0.25) is 11.8 Å². The fourth-order valence-electron chi connectivity index (χ4n) is 3.53. The molecule has 14 heteroatoms. The van der Waals surface area contributed by atoms with Gasteiger partial charge < -0.3 is 40.1 Å². The van der Waals surface area contributed by atoms with Crippen LogP contribution in [0.4, 0.5) is 5.69 Å². The lowest BCUT2D eigenvalue weighted by atomic mass is 10.0. The Morgan fingerprint density at radius 2 is 1.68 bits per heavy atom. The molecule has 13 nitrogen and oxygen atoms in total. The summed E-state index contributed by atoms with van der Waals surface area (Å²) in [6, 6.07) is 1.18. The van der Waals surface area contributed by atoms with Crippen LogP contribution >= 0.6 is 15.9 Å². The molecule has 0 aromatic heterocycles. The Morgan fingerprint density at radius 3 is 2.38 bits per heavy atom. The van der Waals surface area contributed by atoms with E-state index in [4.69, 9.17) is 34.9 Å². The minimum atomic E-state index is -0.819. The molecule has 0 saturated heterocycles. The fraction of sp³-hybridized carbons (Fsp3) is 0.692. The number of hydrogen-bond acceptors (Lipinski definition) is 9. The van der Waals surface area contributed by atoms with E-state index in [1.165, 1.54) is 0 Å². The van der Waals surface area contributed by atoms with Crippen molar-refractivity contribution in [3.8, 4) is 0 Å². The van der Waals surface area contributed by atoms with Gasteiger partial charge in [0.05, 0.1) is 58.9 Å². The second-order valence-corrected chi connectivity index (χ2v) is 9.63. The molecule has 0 aliphatic rings. The van der Waals surface area contributed by atoms with Gasteiger partial charge in [-0.05, 0) is 56.3 Å². The van der Waals surface area contributed by atoms with Crippen molar-refractivity contribution in [2.75, 3.05) is 71.3 Å². The zero-order chi connectivity index (χ0) is 29.8. The molecule has 0 aliphatic carbocycles. The molecule has 0 aliphatic heterocycles. The van der Waals surface area contributed by atoms with Gasteiger partial charge in [-0.25, -0.2) is 0 Å². The first-order chi connectivity index (χ1) is 19.2. The smallest absolute Gasteiger partial charge is 0.237 e. The van der Waals surface area contributed by atoms with Crippen LogP contribution in [-0.4, -0.2) is 90.1 Å². The summed E-state index contributed by atoms with van der Waals surface area (Å²) >= 11 is 3.54. The zero-order valence-corrected chi connectivity index (χ0v) is 25.5. The molecule has 1 rings (SSSR count). The second-order valence-electron chi connectivity index (χ2n) is 8.84. The van der Waals surface area contributed by atoms with Crippen molar-refractivity contribution >= 4 is 33.4 Å². The molecule has 1 aromatic rings. The fourth-order valence-corrected chi connectivity index (χ4v) is 3.85. The van der Waals surface area contributed by atoms with Crippen LogP contribution in [0.2, 0.25) is 0 Å². The highest BCUT2D eigenvalue weighted by atomic mass is 79.9. The first kappa shape index (κ1) is 35.7. The maximum Gasteiger partial charge on any atom is 0.237 e. The first-order valence-electron chi connectivity index (χ1n) is 13.3. The number of azide groups is 1. The van der Waals surface area contributed by atoms with Gasteiger partial charge in [0.25, 0.3) is 0 Å². The zero-order valence-electron chi connectivity index (χ0n) is 23.9. The predicted molar refractivity (Wildman–Crippen MR) is 155 cm³/mol. The van der Waals surface area contributed by atoms with Gasteiger partial charge in [-0.2, -0.15) is 0 Å². The van der Waals surface area contributed by atoms with E-state index in [-0.39, 0.29) is 57.6 Å². The number of nitrogens with zero attached hydrogens (tertiary/aromatic N) is 3. The Balaban J connectivity index is 2.17. The van der Waals surface area contributed by atoms with E-state index < -0.39 is 12.3 Å². The van der Waals surface area contributed by atoms with E-state index in [0.29, 0.717) is 33.0 Å². The summed E-state index contributed by atoms with van der Waals surface area (Å²) in [5, 5.41) is 9.15. The number of hydrogen-bond donors (Lipinski definition) is 3. The van der Waals surface area contributed by atoms with Crippen LogP contribution < -0.4 is 16.4 Å². The van der Waals surface area contributed by atoms with Crippen LogP contribution in [-0.2, 0) is 33.3 Å². The quantitative estimate of drug-likeness (QED) is 0.0755. The van der Waals surface area contributed by atoms with Gasteiger partial charge in [0.1, 0.15) is 0 Å². The molecule has 0 saturated carbocycles. The number of anilines is 1. The molecular formula is C26H43BrN6O7. The minimum absolute atomic E-state index is 0.0899. The Bertz CT molecular complexity index is 962. The Kier molecular flexibility index (Phi) is 19.2. The van der Waals surface area contributed by atoms with Crippen molar-refractivity contribution in [3.05, 3.63) is 37.7 Å². The summed E-state index contributed by atoms with van der Waals surface area (Å²) in [5.74, 6) is -0.565. The minimum Gasteiger partial charge on any atom is -0.379 e. The molecule has 1 aromatic carbocycles.